The summed E-state index contributed by atoms with van der Waals surface area (Å²) in [4.78, 5) is 12.4. The summed E-state index contributed by atoms with van der Waals surface area (Å²) in [6, 6.07) is 4.16. The minimum absolute atomic E-state index is 0.0367. The molecule has 0 fully saturated rings. The van der Waals surface area contributed by atoms with E-state index in [4.69, 9.17) is 0 Å². The van der Waals surface area contributed by atoms with Gasteiger partial charge >= 0.3 is 6.18 Å². The molecular weight excluding hydrogens is 366 g/mol. The molecule has 0 aliphatic rings. The monoisotopic (exact) mass is 381 g/mol. The van der Waals surface area contributed by atoms with Crippen molar-refractivity contribution in [2.45, 2.75) is 19.6 Å². The fourth-order valence-electron chi connectivity index (χ4n) is 2.55. The van der Waals surface area contributed by atoms with Crippen LogP contribution in [0.5, 0.6) is 0 Å². The highest BCUT2D eigenvalue weighted by atomic mass is 19.4. The molecule has 2 heterocycles. The van der Waals surface area contributed by atoms with Crippen LogP contribution in [0, 0.1) is 5.82 Å². The second-order valence-corrected chi connectivity index (χ2v) is 5.80. The van der Waals surface area contributed by atoms with Crippen molar-refractivity contribution in [2.75, 3.05) is 5.32 Å². The standard InChI is InChI=1S/C17H15F4N5O/c1-3-26-9-13(8-22-26)23-16(27)11-4-10(5-12(18)6-11)14-7-15(17(19,20)21)24-25(14)2/h4-9H,3H2,1-2H3,(H,23,27). The molecule has 0 aliphatic carbocycles. The van der Waals surface area contributed by atoms with E-state index in [1.54, 1.807) is 10.9 Å². The number of aromatic nitrogens is 4. The molecule has 0 unspecified atom stereocenters. The Hall–Kier alpha value is -3.17. The number of halogens is 4. The van der Waals surface area contributed by atoms with E-state index in [9.17, 15) is 22.4 Å². The first kappa shape index (κ1) is 18.6. The van der Waals surface area contributed by atoms with Gasteiger partial charge in [0, 0.05) is 30.9 Å². The number of aryl methyl sites for hydroxylation is 2. The van der Waals surface area contributed by atoms with Crippen LogP contribution in [0.1, 0.15) is 23.0 Å². The lowest BCUT2D eigenvalue weighted by molar-refractivity contribution is -0.141. The van der Waals surface area contributed by atoms with Gasteiger partial charge in [-0.05, 0) is 31.2 Å². The Morgan fingerprint density at radius 3 is 2.56 bits per heavy atom. The number of carbonyl (C=O) groups is 1. The highest BCUT2D eigenvalue weighted by Gasteiger charge is 2.34. The Balaban J connectivity index is 1.92. The predicted octanol–water partition coefficient (Wildman–Crippen LogP) is 3.71. The number of rotatable bonds is 4. The first-order valence-electron chi connectivity index (χ1n) is 7.93. The fraction of sp³-hybridized carbons (Fsp3) is 0.235. The zero-order valence-corrected chi connectivity index (χ0v) is 14.4. The van der Waals surface area contributed by atoms with Gasteiger partial charge in [0.15, 0.2) is 5.69 Å². The fourth-order valence-corrected chi connectivity index (χ4v) is 2.55. The summed E-state index contributed by atoms with van der Waals surface area (Å²) in [6.07, 6.45) is -1.57. The van der Waals surface area contributed by atoms with Gasteiger partial charge in [0.05, 0.1) is 17.6 Å². The van der Waals surface area contributed by atoms with Crippen molar-refractivity contribution in [1.82, 2.24) is 19.6 Å². The number of hydrogen-bond donors (Lipinski definition) is 1. The number of hydrogen-bond acceptors (Lipinski definition) is 3. The number of benzene rings is 1. The highest BCUT2D eigenvalue weighted by molar-refractivity contribution is 6.04. The van der Waals surface area contributed by atoms with Crippen LogP contribution in [0.4, 0.5) is 23.2 Å². The molecule has 0 spiro atoms. The molecule has 3 aromatic rings. The van der Waals surface area contributed by atoms with Crippen molar-refractivity contribution >= 4 is 11.6 Å². The van der Waals surface area contributed by atoms with E-state index in [2.05, 4.69) is 15.5 Å². The number of alkyl halides is 3. The lowest BCUT2D eigenvalue weighted by atomic mass is 10.1. The second-order valence-electron chi connectivity index (χ2n) is 5.80. The molecule has 0 saturated carbocycles. The molecule has 1 N–H and O–H groups in total. The predicted molar refractivity (Wildman–Crippen MR) is 89.5 cm³/mol. The van der Waals surface area contributed by atoms with Crippen LogP contribution < -0.4 is 5.32 Å². The summed E-state index contributed by atoms with van der Waals surface area (Å²) in [7, 11) is 1.31. The minimum atomic E-state index is -4.62. The number of amides is 1. The molecule has 0 bridgehead atoms. The van der Waals surface area contributed by atoms with Gasteiger partial charge in [-0.25, -0.2) is 4.39 Å². The zero-order valence-electron chi connectivity index (χ0n) is 14.4. The van der Waals surface area contributed by atoms with Crippen LogP contribution in [0.15, 0.2) is 36.7 Å². The van der Waals surface area contributed by atoms with Crippen molar-refractivity contribution in [1.29, 1.82) is 0 Å². The average Bonchev–Trinajstić information content (AvgIpc) is 3.20. The van der Waals surface area contributed by atoms with E-state index in [-0.39, 0.29) is 16.8 Å². The first-order chi connectivity index (χ1) is 12.7. The van der Waals surface area contributed by atoms with E-state index in [0.29, 0.717) is 12.2 Å². The van der Waals surface area contributed by atoms with E-state index >= 15 is 0 Å². The van der Waals surface area contributed by atoms with E-state index in [1.807, 2.05) is 6.92 Å². The summed E-state index contributed by atoms with van der Waals surface area (Å²) >= 11 is 0. The maximum Gasteiger partial charge on any atom is 0.435 e. The summed E-state index contributed by atoms with van der Waals surface area (Å²) < 4.78 is 55.1. The van der Waals surface area contributed by atoms with E-state index < -0.39 is 23.6 Å². The number of anilines is 1. The van der Waals surface area contributed by atoms with Crippen LogP contribution in [-0.4, -0.2) is 25.5 Å². The van der Waals surface area contributed by atoms with Crippen molar-refractivity contribution in [3.63, 3.8) is 0 Å². The molecule has 0 saturated heterocycles. The molecule has 27 heavy (non-hydrogen) atoms. The van der Waals surface area contributed by atoms with E-state index in [0.717, 1.165) is 22.9 Å². The lowest BCUT2D eigenvalue weighted by Crippen LogP contribution is -2.12. The van der Waals surface area contributed by atoms with Crippen LogP contribution in [-0.2, 0) is 19.8 Å². The molecule has 142 valence electrons. The Labute approximate surface area is 151 Å². The van der Waals surface area contributed by atoms with Gasteiger partial charge in [-0.15, -0.1) is 0 Å². The topological polar surface area (TPSA) is 64.7 Å². The molecule has 10 heteroatoms. The number of nitrogens with zero attached hydrogens (tertiary/aromatic N) is 4. The van der Waals surface area contributed by atoms with Crippen molar-refractivity contribution < 1.29 is 22.4 Å². The van der Waals surface area contributed by atoms with Crippen molar-refractivity contribution in [2.24, 2.45) is 7.05 Å². The molecule has 0 radical (unpaired) electrons. The first-order valence-corrected chi connectivity index (χ1v) is 7.93. The number of carbonyl (C=O) groups excluding carboxylic acids is 1. The Morgan fingerprint density at radius 1 is 1.22 bits per heavy atom. The quantitative estimate of drug-likeness (QED) is 0.701. The molecule has 3 rings (SSSR count). The smallest absolute Gasteiger partial charge is 0.319 e. The van der Waals surface area contributed by atoms with Crippen LogP contribution >= 0.6 is 0 Å². The van der Waals surface area contributed by atoms with Crippen LogP contribution in [0.2, 0.25) is 0 Å². The van der Waals surface area contributed by atoms with Gasteiger partial charge in [0.1, 0.15) is 5.82 Å². The Bertz CT molecular complexity index is 990. The lowest BCUT2D eigenvalue weighted by Gasteiger charge is -2.07. The summed E-state index contributed by atoms with van der Waals surface area (Å²) in [5.41, 5.74) is -0.566. The van der Waals surface area contributed by atoms with Crippen molar-refractivity contribution in [3.05, 3.63) is 53.7 Å². The molecule has 0 aliphatic heterocycles. The largest absolute Gasteiger partial charge is 0.435 e. The third-order valence-corrected chi connectivity index (χ3v) is 3.84. The normalized spacial score (nSPS) is 11.6. The molecule has 2 aromatic heterocycles. The second kappa shape index (κ2) is 6.86. The third-order valence-electron chi connectivity index (χ3n) is 3.84. The van der Waals surface area contributed by atoms with Gasteiger partial charge in [0.2, 0.25) is 0 Å². The third kappa shape index (κ3) is 3.99. The summed E-state index contributed by atoms with van der Waals surface area (Å²) in [5.74, 6) is -1.36. The SMILES string of the molecule is CCn1cc(NC(=O)c2cc(F)cc(-c3cc(C(F)(F)F)nn3C)c2)cn1. The van der Waals surface area contributed by atoms with Crippen LogP contribution in [0.25, 0.3) is 11.3 Å². The average molecular weight is 381 g/mol. The molecular formula is C17H15F4N5O. The maximum absolute atomic E-state index is 14.0. The number of nitrogens with one attached hydrogen (secondary N) is 1. The molecule has 6 nitrogen and oxygen atoms in total. The van der Waals surface area contributed by atoms with Gasteiger partial charge < -0.3 is 5.32 Å². The highest BCUT2D eigenvalue weighted by Crippen LogP contribution is 2.32. The van der Waals surface area contributed by atoms with E-state index in [1.165, 1.54) is 19.3 Å². The van der Waals surface area contributed by atoms with Gasteiger partial charge in [-0.2, -0.15) is 23.4 Å². The van der Waals surface area contributed by atoms with Crippen molar-refractivity contribution in [3.8, 4) is 11.3 Å². The Morgan fingerprint density at radius 2 is 1.96 bits per heavy atom. The molecule has 1 aromatic carbocycles. The minimum Gasteiger partial charge on any atom is -0.319 e. The molecule has 1 amide bonds. The van der Waals surface area contributed by atoms with Gasteiger partial charge in [-0.3, -0.25) is 14.2 Å². The maximum atomic E-state index is 14.0. The van der Waals surface area contributed by atoms with Gasteiger partial charge in [-0.1, -0.05) is 0 Å². The summed E-state index contributed by atoms with van der Waals surface area (Å²) in [5, 5.41) is 9.98. The van der Waals surface area contributed by atoms with Gasteiger partial charge in [0.25, 0.3) is 5.91 Å². The molecule has 0 atom stereocenters. The van der Waals surface area contributed by atoms with Crippen LogP contribution in [0.3, 0.4) is 0 Å². The zero-order chi connectivity index (χ0) is 19.8. The summed E-state index contributed by atoms with van der Waals surface area (Å²) in [6.45, 7) is 2.49. The Kier molecular flexibility index (Phi) is 4.73.